The maximum Gasteiger partial charge on any atom is 0.287 e. The van der Waals surface area contributed by atoms with Crippen molar-refractivity contribution in [1.29, 1.82) is 0 Å². The lowest BCUT2D eigenvalue weighted by atomic mass is 10.3. The van der Waals surface area contributed by atoms with Gasteiger partial charge >= 0.3 is 0 Å². The second kappa shape index (κ2) is 6.61. The first-order chi connectivity index (χ1) is 10.4. The van der Waals surface area contributed by atoms with Crippen molar-refractivity contribution in [2.75, 3.05) is 23.7 Å². The van der Waals surface area contributed by atoms with E-state index in [1.54, 1.807) is 6.07 Å². The van der Waals surface area contributed by atoms with Crippen molar-refractivity contribution >= 4 is 21.6 Å². The summed E-state index contributed by atoms with van der Waals surface area (Å²) in [7, 11) is -3.59. The molecule has 0 radical (unpaired) electrons. The molecule has 0 saturated carbocycles. The highest BCUT2D eigenvalue weighted by molar-refractivity contribution is 7.92. The average Bonchev–Trinajstić information content (AvgIpc) is 2.96. The van der Waals surface area contributed by atoms with Crippen LogP contribution in [-0.4, -0.2) is 33.7 Å². The quantitative estimate of drug-likeness (QED) is 0.875. The Kier molecular flexibility index (Phi) is 4.81. The first-order valence-electron chi connectivity index (χ1n) is 6.43. The van der Waals surface area contributed by atoms with Gasteiger partial charge in [0.2, 0.25) is 10.0 Å². The van der Waals surface area contributed by atoms with Crippen LogP contribution in [-0.2, 0) is 10.0 Å². The van der Waals surface area contributed by atoms with Crippen molar-refractivity contribution < 1.29 is 22.0 Å². The minimum absolute atomic E-state index is 0.0191. The lowest BCUT2D eigenvalue weighted by Crippen LogP contribution is -2.38. The van der Waals surface area contributed by atoms with Gasteiger partial charge in [0.25, 0.3) is 5.91 Å². The van der Waals surface area contributed by atoms with Crippen molar-refractivity contribution in [3.05, 3.63) is 54.2 Å². The van der Waals surface area contributed by atoms with Crippen molar-refractivity contribution in [3.63, 3.8) is 0 Å². The summed E-state index contributed by atoms with van der Waals surface area (Å²) in [5.74, 6) is -0.847. The number of hydrogen-bond donors (Lipinski definition) is 1. The highest BCUT2D eigenvalue weighted by Crippen LogP contribution is 2.17. The number of furan rings is 1. The van der Waals surface area contributed by atoms with Gasteiger partial charge in [-0.3, -0.25) is 9.10 Å². The van der Waals surface area contributed by atoms with Crippen LogP contribution >= 0.6 is 0 Å². The minimum Gasteiger partial charge on any atom is -0.459 e. The molecule has 0 aliphatic heterocycles. The van der Waals surface area contributed by atoms with Crippen LogP contribution in [0.1, 0.15) is 10.6 Å². The van der Waals surface area contributed by atoms with E-state index < -0.39 is 21.7 Å². The molecule has 1 heterocycles. The largest absolute Gasteiger partial charge is 0.459 e. The van der Waals surface area contributed by atoms with Gasteiger partial charge in [0.05, 0.1) is 24.8 Å². The molecule has 2 aromatic rings. The normalized spacial score (nSPS) is 11.2. The van der Waals surface area contributed by atoms with Crippen LogP contribution in [0.25, 0.3) is 0 Å². The van der Waals surface area contributed by atoms with Crippen molar-refractivity contribution in [2.24, 2.45) is 0 Å². The molecule has 1 aromatic heterocycles. The third-order valence-corrected chi connectivity index (χ3v) is 4.04. The Bertz CT molecular complexity index is 744. The zero-order valence-electron chi connectivity index (χ0n) is 11.8. The second-order valence-corrected chi connectivity index (χ2v) is 6.46. The summed E-state index contributed by atoms with van der Waals surface area (Å²) in [6.45, 7) is 0.0395. The number of nitrogens with zero attached hydrogens (tertiary/aromatic N) is 1. The highest BCUT2D eigenvalue weighted by atomic mass is 32.2. The number of carbonyl (C=O) groups is 1. The molecule has 0 atom stereocenters. The van der Waals surface area contributed by atoms with Crippen LogP contribution in [0.3, 0.4) is 0 Å². The summed E-state index contributed by atoms with van der Waals surface area (Å²) in [4.78, 5) is 11.7. The first kappa shape index (κ1) is 16.0. The summed E-state index contributed by atoms with van der Waals surface area (Å²) in [5.41, 5.74) is 0.203. The van der Waals surface area contributed by atoms with E-state index >= 15 is 0 Å². The zero-order valence-corrected chi connectivity index (χ0v) is 12.6. The number of carbonyl (C=O) groups excluding carboxylic acids is 1. The fourth-order valence-electron chi connectivity index (χ4n) is 1.88. The Labute approximate surface area is 127 Å². The smallest absolute Gasteiger partial charge is 0.287 e. The van der Waals surface area contributed by atoms with Gasteiger partial charge in [0.15, 0.2) is 5.76 Å². The second-order valence-electron chi connectivity index (χ2n) is 4.55. The molecular formula is C14H15FN2O4S. The average molecular weight is 326 g/mol. The maximum absolute atomic E-state index is 13.2. The van der Waals surface area contributed by atoms with Crippen LogP contribution in [0.4, 0.5) is 10.1 Å². The van der Waals surface area contributed by atoms with Crippen molar-refractivity contribution in [1.82, 2.24) is 5.32 Å². The van der Waals surface area contributed by atoms with Gasteiger partial charge in [-0.05, 0) is 30.3 Å². The molecule has 1 amide bonds. The van der Waals surface area contributed by atoms with Gasteiger partial charge in [0, 0.05) is 6.54 Å². The topological polar surface area (TPSA) is 79.6 Å². The van der Waals surface area contributed by atoms with Crippen LogP contribution in [0.15, 0.2) is 47.1 Å². The Morgan fingerprint density at radius 3 is 2.68 bits per heavy atom. The number of amides is 1. The van der Waals surface area contributed by atoms with Crippen LogP contribution < -0.4 is 9.62 Å². The fourth-order valence-corrected chi connectivity index (χ4v) is 2.80. The molecular weight excluding hydrogens is 311 g/mol. The number of benzene rings is 1. The monoisotopic (exact) mass is 326 g/mol. The van der Waals surface area contributed by atoms with E-state index in [4.69, 9.17) is 4.42 Å². The Morgan fingerprint density at radius 2 is 2.09 bits per heavy atom. The Hall–Kier alpha value is -2.35. The third kappa shape index (κ3) is 4.08. The Balaban J connectivity index is 2.04. The molecule has 1 N–H and O–H groups in total. The molecule has 0 bridgehead atoms. The summed E-state index contributed by atoms with van der Waals surface area (Å²) in [6, 6.07) is 8.32. The fraction of sp³-hybridized carbons (Fsp3) is 0.214. The molecule has 2 rings (SSSR count). The van der Waals surface area contributed by atoms with Crippen LogP contribution in [0, 0.1) is 5.82 Å². The number of sulfonamides is 1. The number of hydrogen-bond acceptors (Lipinski definition) is 4. The molecule has 22 heavy (non-hydrogen) atoms. The zero-order chi connectivity index (χ0) is 16.2. The molecule has 0 saturated heterocycles. The van der Waals surface area contributed by atoms with Crippen molar-refractivity contribution in [2.45, 2.75) is 0 Å². The van der Waals surface area contributed by atoms with Gasteiger partial charge in [-0.25, -0.2) is 12.8 Å². The molecule has 118 valence electrons. The van der Waals surface area contributed by atoms with E-state index in [0.29, 0.717) is 0 Å². The molecule has 0 aliphatic rings. The van der Waals surface area contributed by atoms with Gasteiger partial charge in [-0.15, -0.1) is 0 Å². The predicted octanol–water partition coefficient (Wildman–Crippen LogP) is 1.61. The molecule has 0 aliphatic carbocycles. The third-order valence-electron chi connectivity index (χ3n) is 2.84. The van der Waals surface area contributed by atoms with E-state index in [-0.39, 0.29) is 24.5 Å². The van der Waals surface area contributed by atoms with Crippen LogP contribution in [0.5, 0.6) is 0 Å². The molecule has 0 fully saturated rings. The van der Waals surface area contributed by atoms with Gasteiger partial charge in [-0.2, -0.15) is 0 Å². The van der Waals surface area contributed by atoms with E-state index in [2.05, 4.69) is 5.32 Å². The highest BCUT2D eigenvalue weighted by Gasteiger charge is 2.18. The summed E-state index contributed by atoms with van der Waals surface area (Å²) < 4.78 is 42.8. The summed E-state index contributed by atoms with van der Waals surface area (Å²) in [5, 5.41) is 2.54. The molecule has 0 unspecified atom stereocenters. The van der Waals surface area contributed by atoms with E-state index in [9.17, 15) is 17.6 Å². The lowest BCUT2D eigenvalue weighted by molar-refractivity contribution is 0.0927. The van der Waals surface area contributed by atoms with Gasteiger partial charge in [-0.1, -0.05) is 6.07 Å². The molecule has 0 spiro atoms. The standard InChI is InChI=1S/C14H15FN2O4S/c1-22(19,20)17(12-5-2-4-11(15)10-12)8-7-16-14(18)13-6-3-9-21-13/h2-6,9-10H,7-8H2,1H3,(H,16,18). The molecule has 8 heteroatoms. The summed E-state index contributed by atoms with van der Waals surface area (Å²) in [6.07, 6.45) is 2.39. The number of nitrogens with one attached hydrogen (secondary N) is 1. The van der Waals surface area contributed by atoms with E-state index in [1.165, 1.54) is 30.5 Å². The molecule has 1 aromatic carbocycles. The SMILES string of the molecule is CS(=O)(=O)N(CCNC(=O)c1ccco1)c1cccc(F)c1. The van der Waals surface area contributed by atoms with Gasteiger partial charge < -0.3 is 9.73 Å². The maximum atomic E-state index is 13.2. The van der Waals surface area contributed by atoms with E-state index in [1.807, 2.05) is 0 Å². The van der Waals surface area contributed by atoms with E-state index in [0.717, 1.165) is 16.6 Å². The first-order valence-corrected chi connectivity index (χ1v) is 8.28. The molecule has 6 nitrogen and oxygen atoms in total. The number of anilines is 1. The summed E-state index contributed by atoms with van der Waals surface area (Å²) >= 11 is 0. The number of rotatable bonds is 6. The van der Waals surface area contributed by atoms with Crippen molar-refractivity contribution in [3.8, 4) is 0 Å². The van der Waals surface area contributed by atoms with Gasteiger partial charge in [0.1, 0.15) is 5.82 Å². The Morgan fingerprint density at radius 1 is 1.32 bits per heavy atom. The minimum atomic E-state index is -3.59. The van der Waals surface area contributed by atoms with Crippen LogP contribution in [0.2, 0.25) is 0 Å². The predicted molar refractivity (Wildman–Crippen MR) is 79.6 cm³/mol. The number of halogens is 1. The lowest BCUT2D eigenvalue weighted by Gasteiger charge is -2.22.